The van der Waals surface area contributed by atoms with E-state index in [0.717, 1.165) is 39.0 Å². The fourth-order valence-corrected chi connectivity index (χ4v) is 4.44. The van der Waals surface area contributed by atoms with Crippen LogP contribution < -0.4 is 15.0 Å². The molecule has 33 heavy (non-hydrogen) atoms. The quantitative estimate of drug-likeness (QED) is 0.385. The van der Waals surface area contributed by atoms with E-state index in [2.05, 4.69) is 16.4 Å². The predicted octanol–water partition coefficient (Wildman–Crippen LogP) is 5.37. The largest absolute Gasteiger partial charge is 0.497 e. The van der Waals surface area contributed by atoms with E-state index in [1.807, 2.05) is 78.7 Å². The average Bonchev–Trinajstić information content (AvgIpc) is 3.33. The summed E-state index contributed by atoms with van der Waals surface area (Å²) in [6, 6.07) is 19.3. The molecule has 0 saturated carbocycles. The molecule has 6 nitrogen and oxygen atoms in total. The third-order valence-corrected chi connectivity index (χ3v) is 6.19. The van der Waals surface area contributed by atoms with Gasteiger partial charge in [0.2, 0.25) is 5.91 Å². The number of amides is 1. The van der Waals surface area contributed by atoms with Gasteiger partial charge in [0.05, 0.1) is 12.8 Å². The highest BCUT2D eigenvalue weighted by atomic mass is 32.1. The SMILES string of the molecule is COc1ccc(-c2csc(N(c3cccc(C)c3)C(C)C(=O)NCc3ccncc3)n2)cc1. The number of anilines is 2. The molecule has 0 aliphatic rings. The Morgan fingerprint density at radius 2 is 1.88 bits per heavy atom. The second-order valence-corrected chi connectivity index (χ2v) is 8.54. The number of carbonyl (C=O) groups excluding carboxylic acids is 1. The van der Waals surface area contributed by atoms with Crippen LogP contribution in [0.2, 0.25) is 0 Å². The number of nitrogens with zero attached hydrogens (tertiary/aromatic N) is 3. The van der Waals surface area contributed by atoms with Crippen molar-refractivity contribution >= 4 is 28.1 Å². The van der Waals surface area contributed by atoms with Gasteiger partial charge in [0.25, 0.3) is 0 Å². The van der Waals surface area contributed by atoms with E-state index >= 15 is 0 Å². The van der Waals surface area contributed by atoms with Gasteiger partial charge in [-0.2, -0.15) is 0 Å². The van der Waals surface area contributed by atoms with Crippen LogP contribution in [0.4, 0.5) is 10.8 Å². The van der Waals surface area contributed by atoms with Gasteiger partial charge in [-0.25, -0.2) is 4.98 Å². The lowest BCUT2D eigenvalue weighted by atomic mass is 10.1. The van der Waals surface area contributed by atoms with Gasteiger partial charge in [-0.15, -0.1) is 11.3 Å². The van der Waals surface area contributed by atoms with Gasteiger partial charge < -0.3 is 15.0 Å². The molecule has 0 bridgehead atoms. The number of nitrogens with one attached hydrogen (secondary N) is 1. The highest BCUT2D eigenvalue weighted by molar-refractivity contribution is 7.14. The Labute approximate surface area is 197 Å². The van der Waals surface area contributed by atoms with Crippen LogP contribution in [0.1, 0.15) is 18.1 Å². The van der Waals surface area contributed by atoms with Crippen molar-refractivity contribution in [3.05, 3.63) is 89.6 Å². The van der Waals surface area contributed by atoms with Gasteiger partial charge in [-0.1, -0.05) is 12.1 Å². The van der Waals surface area contributed by atoms with Gasteiger partial charge in [0, 0.05) is 35.6 Å². The zero-order valence-corrected chi connectivity index (χ0v) is 19.7. The molecule has 1 amide bonds. The van der Waals surface area contributed by atoms with E-state index in [0.29, 0.717) is 6.54 Å². The molecule has 4 aromatic rings. The van der Waals surface area contributed by atoms with Crippen molar-refractivity contribution in [2.24, 2.45) is 0 Å². The molecule has 0 fully saturated rings. The van der Waals surface area contributed by atoms with E-state index in [1.54, 1.807) is 19.5 Å². The maximum absolute atomic E-state index is 13.1. The lowest BCUT2D eigenvalue weighted by molar-refractivity contribution is -0.122. The molecule has 0 radical (unpaired) electrons. The van der Waals surface area contributed by atoms with Crippen LogP contribution in [0.15, 0.2) is 78.4 Å². The Hall–Kier alpha value is -3.71. The van der Waals surface area contributed by atoms with Crippen LogP contribution in [-0.4, -0.2) is 29.0 Å². The number of carbonyl (C=O) groups is 1. The molecule has 0 aliphatic heterocycles. The van der Waals surface area contributed by atoms with Crippen molar-refractivity contribution in [2.75, 3.05) is 12.0 Å². The van der Waals surface area contributed by atoms with E-state index in [4.69, 9.17) is 9.72 Å². The van der Waals surface area contributed by atoms with E-state index in [-0.39, 0.29) is 5.91 Å². The summed E-state index contributed by atoms with van der Waals surface area (Å²) in [4.78, 5) is 24.0. The van der Waals surface area contributed by atoms with E-state index < -0.39 is 6.04 Å². The first-order chi connectivity index (χ1) is 16.0. The van der Waals surface area contributed by atoms with Crippen molar-refractivity contribution in [1.29, 1.82) is 0 Å². The summed E-state index contributed by atoms with van der Waals surface area (Å²) in [5.74, 6) is 0.726. The number of aromatic nitrogens is 2. The van der Waals surface area contributed by atoms with Gasteiger partial charge in [-0.3, -0.25) is 9.78 Å². The summed E-state index contributed by atoms with van der Waals surface area (Å²) >= 11 is 1.52. The number of thiazole rings is 1. The van der Waals surface area contributed by atoms with Crippen LogP contribution in [0.3, 0.4) is 0 Å². The predicted molar refractivity (Wildman–Crippen MR) is 133 cm³/mol. The number of benzene rings is 2. The second kappa shape index (κ2) is 10.3. The zero-order valence-electron chi connectivity index (χ0n) is 18.9. The summed E-state index contributed by atoms with van der Waals surface area (Å²) in [6.45, 7) is 4.39. The fourth-order valence-electron chi connectivity index (χ4n) is 3.50. The van der Waals surface area contributed by atoms with Crippen molar-refractivity contribution in [2.45, 2.75) is 26.4 Å². The second-order valence-electron chi connectivity index (χ2n) is 7.70. The fraction of sp³-hybridized carbons (Fsp3) is 0.192. The maximum Gasteiger partial charge on any atom is 0.243 e. The molecular formula is C26H26N4O2S. The average molecular weight is 459 g/mol. The summed E-state index contributed by atoms with van der Waals surface area (Å²) < 4.78 is 5.26. The standard InChI is InChI=1S/C26H26N4O2S/c1-18-5-4-6-22(15-18)30(19(2)25(31)28-16-20-11-13-27-14-12-20)26-29-24(17-33-26)21-7-9-23(32-3)10-8-21/h4-15,17,19H,16H2,1-3H3,(H,28,31). The van der Waals surface area contributed by atoms with Crippen molar-refractivity contribution in [1.82, 2.24) is 15.3 Å². The van der Waals surface area contributed by atoms with Crippen LogP contribution in [-0.2, 0) is 11.3 Å². The molecule has 4 rings (SSSR count). The van der Waals surface area contributed by atoms with Crippen LogP contribution in [0, 0.1) is 6.92 Å². The smallest absolute Gasteiger partial charge is 0.243 e. The van der Waals surface area contributed by atoms with Gasteiger partial charge >= 0.3 is 0 Å². The molecule has 1 unspecified atom stereocenters. The highest BCUT2D eigenvalue weighted by Crippen LogP contribution is 2.34. The number of rotatable bonds is 8. The molecule has 1 N–H and O–H groups in total. The number of hydrogen-bond acceptors (Lipinski definition) is 6. The summed E-state index contributed by atoms with van der Waals surface area (Å²) in [7, 11) is 1.65. The zero-order chi connectivity index (χ0) is 23.2. The first-order valence-corrected chi connectivity index (χ1v) is 11.6. The van der Waals surface area contributed by atoms with Crippen molar-refractivity contribution in [3.63, 3.8) is 0 Å². The molecule has 2 aromatic carbocycles. The van der Waals surface area contributed by atoms with Crippen molar-refractivity contribution < 1.29 is 9.53 Å². The first-order valence-electron chi connectivity index (χ1n) is 10.7. The van der Waals surface area contributed by atoms with E-state index in [9.17, 15) is 4.79 Å². The third-order valence-electron chi connectivity index (χ3n) is 5.35. The minimum Gasteiger partial charge on any atom is -0.497 e. The van der Waals surface area contributed by atoms with E-state index in [1.165, 1.54) is 11.3 Å². The molecule has 1 atom stereocenters. The Morgan fingerprint density at radius 3 is 2.58 bits per heavy atom. The Balaban J connectivity index is 1.61. The van der Waals surface area contributed by atoms with Crippen LogP contribution in [0.25, 0.3) is 11.3 Å². The Kier molecular flexibility index (Phi) is 7.00. The normalized spacial score (nSPS) is 11.6. The number of aryl methyl sites for hydroxylation is 1. The molecule has 168 valence electrons. The minimum absolute atomic E-state index is 0.0745. The number of hydrogen-bond donors (Lipinski definition) is 1. The van der Waals surface area contributed by atoms with Gasteiger partial charge in [0.15, 0.2) is 5.13 Å². The highest BCUT2D eigenvalue weighted by Gasteiger charge is 2.26. The number of methoxy groups -OCH3 is 1. The molecule has 2 heterocycles. The Morgan fingerprint density at radius 1 is 1.12 bits per heavy atom. The number of ether oxygens (including phenoxy) is 1. The molecule has 0 spiro atoms. The Bertz CT molecular complexity index is 1210. The monoisotopic (exact) mass is 458 g/mol. The minimum atomic E-state index is -0.455. The lowest BCUT2D eigenvalue weighted by Gasteiger charge is -2.28. The molecule has 0 saturated heterocycles. The summed E-state index contributed by atoms with van der Waals surface area (Å²) in [6.07, 6.45) is 3.44. The van der Waals surface area contributed by atoms with Crippen molar-refractivity contribution in [3.8, 4) is 17.0 Å². The first kappa shape index (κ1) is 22.5. The van der Waals surface area contributed by atoms with Crippen LogP contribution >= 0.6 is 11.3 Å². The molecule has 7 heteroatoms. The summed E-state index contributed by atoms with van der Waals surface area (Å²) in [5, 5.41) is 5.82. The molecule has 2 aromatic heterocycles. The molecule has 0 aliphatic carbocycles. The summed E-state index contributed by atoms with van der Waals surface area (Å²) in [5.41, 5.74) is 4.91. The van der Waals surface area contributed by atoms with Crippen LogP contribution in [0.5, 0.6) is 5.75 Å². The topological polar surface area (TPSA) is 67.3 Å². The maximum atomic E-state index is 13.1. The molecular weight excluding hydrogens is 432 g/mol. The number of pyridine rings is 1. The van der Waals surface area contributed by atoms with Gasteiger partial charge in [-0.05, 0) is 73.5 Å². The lowest BCUT2D eigenvalue weighted by Crippen LogP contribution is -2.42. The third kappa shape index (κ3) is 5.38. The van der Waals surface area contributed by atoms with Gasteiger partial charge in [0.1, 0.15) is 11.8 Å².